The Kier molecular flexibility index (Phi) is 4.34. The SMILES string of the molecule is Cc1ccc(C(=O)NC2CCNC(C)C2)cc1[N+](=O)[O-]. The van der Waals surface area contributed by atoms with Crippen molar-refractivity contribution < 1.29 is 9.72 Å². The molecular formula is C14H19N3O3. The van der Waals surface area contributed by atoms with E-state index in [0.29, 0.717) is 17.2 Å². The fraction of sp³-hybridized carbons (Fsp3) is 0.500. The van der Waals surface area contributed by atoms with E-state index in [4.69, 9.17) is 0 Å². The maximum absolute atomic E-state index is 12.2. The van der Waals surface area contributed by atoms with Crippen LogP contribution in [0.2, 0.25) is 0 Å². The molecule has 2 unspecified atom stereocenters. The molecule has 6 nitrogen and oxygen atoms in total. The van der Waals surface area contributed by atoms with Crippen molar-refractivity contribution in [3.63, 3.8) is 0 Å². The number of piperidine rings is 1. The summed E-state index contributed by atoms with van der Waals surface area (Å²) < 4.78 is 0. The van der Waals surface area contributed by atoms with Crippen molar-refractivity contribution in [1.82, 2.24) is 10.6 Å². The second-order valence-electron chi connectivity index (χ2n) is 5.31. The number of carbonyl (C=O) groups excluding carboxylic acids is 1. The van der Waals surface area contributed by atoms with E-state index < -0.39 is 4.92 Å². The first-order chi connectivity index (χ1) is 9.47. The molecule has 20 heavy (non-hydrogen) atoms. The van der Waals surface area contributed by atoms with Crippen molar-refractivity contribution in [3.8, 4) is 0 Å². The average Bonchev–Trinajstić information content (AvgIpc) is 2.38. The van der Waals surface area contributed by atoms with Gasteiger partial charge in [-0.3, -0.25) is 14.9 Å². The van der Waals surface area contributed by atoms with Crippen LogP contribution in [-0.2, 0) is 0 Å². The molecule has 0 bridgehead atoms. The van der Waals surface area contributed by atoms with E-state index in [1.165, 1.54) is 6.07 Å². The maximum Gasteiger partial charge on any atom is 0.273 e. The predicted octanol–water partition coefficient (Wildman–Crippen LogP) is 1.77. The number of nitrogens with zero attached hydrogens (tertiary/aromatic N) is 1. The molecule has 0 aromatic heterocycles. The number of nitro groups is 1. The topological polar surface area (TPSA) is 84.3 Å². The molecule has 0 radical (unpaired) electrons. The molecule has 2 rings (SSSR count). The summed E-state index contributed by atoms with van der Waals surface area (Å²) >= 11 is 0. The summed E-state index contributed by atoms with van der Waals surface area (Å²) in [5, 5.41) is 17.2. The van der Waals surface area contributed by atoms with E-state index in [0.717, 1.165) is 19.4 Å². The molecule has 0 saturated carbocycles. The summed E-state index contributed by atoms with van der Waals surface area (Å²) in [5.41, 5.74) is 0.881. The molecule has 1 aromatic carbocycles. The second-order valence-corrected chi connectivity index (χ2v) is 5.31. The van der Waals surface area contributed by atoms with Gasteiger partial charge in [-0.15, -0.1) is 0 Å². The monoisotopic (exact) mass is 277 g/mol. The van der Waals surface area contributed by atoms with Crippen molar-refractivity contribution in [2.45, 2.75) is 38.8 Å². The van der Waals surface area contributed by atoms with E-state index in [1.807, 2.05) is 0 Å². The molecule has 6 heteroatoms. The predicted molar refractivity (Wildman–Crippen MR) is 75.8 cm³/mol. The number of benzene rings is 1. The van der Waals surface area contributed by atoms with Gasteiger partial charge < -0.3 is 10.6 Å². The number of nitro benzene ring substituents is 1. The van der Waals surface area contributed by atoms with Gasteiger partial charge >= 0.3 is 0 Å². The molecule has 1 heterocycles. The van der Waals surface area contributed by atoms with Gasteiger partial charge in [0.1, 0.15) is 0 Å². The Morgan fingerprint density at radius 3 is 2.90 bits per heavy atom. The Hall–Kier alpha value is -1.95. The highest BCUT2D eigenvalue weighted by Crippen LogP contribution is 2.19. The number of hydrogen-bond acceptors (Lipinski definition) is 4. The molecular weight excluding hydrogens is 258 g/mol. The largest absolute Gasteiger partial charge is 0.349 e. The normalized spacial score (nSPS) is 22.3. The average molecular weight is 277 g/mol. The van der Waals surface area contributed by atoms with Crippen molar-refractivity contribution in [2.24, 2.45) is 0 Å². The van der Waals surface area contributed by atoms with Crippen LogP contribution in [0.25, 0.3) is 0 Å². The molecule has 1 fully saturated rings. The third kappa shape index (κ3) is 3.33. The lowest BCUT2D eigenvalue weighted by Crippen LogP contribution is -2.46. The number of carbonyl (C=O) groups is 1. The van der Waals surface area contributed by atoms with Gasteiger partial charge in [0.25, 0.3) is 11.6 Å². The number of aryl methyl sites for hydroxylation is 1. The van der Waals surface area contributed by atoms with Gasteiger partial charge in [-0.1, -0.05) is 6.07 Å². The third-order valence-electron chi connectivity index (χ3n) is 3.63. The first kappa shape index (κ1) is 14.5. The van der Waals surface area contributed by atoms with Gasteiger partial charge in [-0.05, 0) is 39.3 Å². The van der Waals surface area contributed by atoms with Gasteiger partial charge in [0.2, 0.25) is 0 Å². The summed E-state index contributed by atoms with van der Waals surface area (Å²) in [6, 6.07) is 5.08. The highest BCUT2D eigenvalue weighted by Gasteiger charge is 2.21. The first-order valence-electron chi connectivity index (χ1n) is 6.76. The van der Waals surface area contributed by atoms with Crippen LogP contribution in [0.1, 0.15) is 35.7 Å². The van der Waals surface area contributed by atoms with Crippen LogP contribution in [0.4, 0.5) is 5.69 Å². The lowest BCUT2D eigenvalue weighted by atomic mass is 10.00. The lowest BCUT2D eigenvalue weighted by Gasteiger charge is -2.28. The van der Waals surface area contributed by atoms with Crippen molar-refractivity contribution in [3.05, 3.63) is 39.4 Å². The Bertz CT molecular complexity index is 530. The summed E-state index contributed by atoms with van der Waals surface area (Å²) in [6.07, 6.45) is 1.75. The van der Waals surface area contributed by atoms with Crippen LogP contribution in [-0.4, -0.2) is 29.5 Å². The molecule has 1 aromatic rings. The van der Waals surface area contributed by atoms with Crippen LogP contribution in [0, 0.1) is 17.0 Å². The van der Waals surface area contributed by atoms with Gasteiger partial charge in [0.15, 0.2) is 0 Å². The first-order valence-corrected chi connectivity index (χ1v) is 6.76. The molecule has 0 aliphatic carbocycles. The van der Waals surface area contributed by atoms with E-state index in [9.17, 15) is 14.9 Å². The Balaban J connectivity index is 2.09. The number of amides is 1. The van der Waals surface area contributed by atoms with Gasteiger partial charge in [0, 0.05) is 29.3 Å². The summed E-state index contributed by atoms with van der Waals surface area (Å²) in [5.74, 6) is -0.243. The highest BCUT2D eigenvalue weighted by molar-refractivity contribution is 5.95. The van der Waals surface area contributed by atoms with E-state index in [-0.39, 0.29) is 17.6 Å². The van der Waals surface area contributed by atoms with Crippen LogP contribution < -0.4 is 10.6 Å². The molecule has 108 valence electrons. The van der Waals surface area contributed by atoms with Crippen LogP contribution >= 0.6 is 0 Å². The Labute approximate surface area is 117 Å². The summed E-state index contributed by atoms with van der Waals surface area (Å²) in [6.45, 7) is 4.61. The smallest absolute Gasteiger partial charge is 0.273 e. The fourth-order valence-corrected chi connectivity index (χ4v) is 2.48. The molecule has 1 aliphatic rings. The van der Waals surface area contributed by atoms with Crippen molar-refractivity contribution >= 4 is 11.6 Å². The van der Waals surface area contributed by atoms with Crippen molar-refractivity contribution in [1.29, 1.82) is 0 Å². The van der Waals surface area contributed by atoms with Gasteiger partial charge in [-0.25, -0.2) is 0 Å². The minimum absolute atomic E-state index is 0.0173. The van der Waals surface area contributed by atoms with E-state index in [1.54, 1.807) is 19.1 Å². The zero-order valence-corrected chi connectivity index (χ0v) is 11.7. The van der Waals surface area contributed by atoms with E-state index in [2.05, 4.69) is 17.6 Å². The standard InChI is InChI=1S/C14H19N3O3/c1-9-3-4-11(8-13(9)17(19)20)14(18)16-12-5-6-15-10(2)7-12/h3-4,8,10,12,15H,5-7H2,1-2H3,(H,16,18). The van der Waals surface area contributed by atoms with E-state index >= 15 is 0 Å². The number of nitrogens with one attached hydrogen (secondary N) is 2. The molecule has 1 saturated heterocycles. The zero-order valence-electron chi connectivity index (χ0n) is 11.7. The lowest BCUT2D eigenvalue weighted by molar-refractivity contribution is -0.385. The minimum Gasteiger partial charge on any atom is -0.349 e. The molecule has 2 atom stereocenters. The minimum atomic E-state index is -0.460. The Morgan fingerprint density at radius 2 is 2.25 bits per heavy atom. The second kappa shape index (κ2) is 6.00. The van der Waals surface area contributed by atoms with Gasteiger partial charge in [-0.2, -0.15) is 0 Å². The molecule has 1 aliphatic heterocycles. The summed E-state index contributed by atoms with van der Waals surface area (Å²) in [4.78, 5) is 22.6. The third-order valence-corrected chi connectivity index (χ3v) is 3.63. The zero-order chi connectivity index (χ0) is 14.7. The molecule has 0 spiro atoms. The van der Waals surface area contributed by atoms with Gasteiger partial charge in [0.05, 0.1) is 4.92 Å². The number of rotatable bonds is 3. The van der Waals surface area contributed by atoms with Crippen molar-refractivity contribution in [2.75, 3.05) is 6.54 Å². The molecule has 1 amide bonds. The highest BCUT2D eigenvalue weighted by atomic mass is 16.6. The number of hydrogen-bond donors (Lipinski definition) is 2. The Morgan fingerprint density at radius 1 is 1.50 bits per heavy atom. The maximum atomic E-state index is 12.2. The fourth-order valence-electron chi connectivity index (χ4n) is 2.48. The van der Waals surface area contributed by atoms with Crippen LogP contribution in [0.15, 0.2) is 18.2 Å². The van der Waals surface area contributed by atoms with Crippen LogP contribution in [0.3, 0.4) is 0 Å². The quantitative estimate of drug-likeness (QED) is 0.651. The summed E-state index contributed by atoms with van der Waals surface area (Å²) in [7, 11) is 0. The van der Waals surface area contributed by atoms with Crippen LogP contribution in [0.5, 0.6) is 0 Å². The molecule has 2 N–H and O–H groups in total.